The molecule has 0 atom stereocenters. The van der Waals surface area contributed by atoms with Crippen LogP contribution in [0.5, 0.6) is 0 Å². The number of primary amides is 1. The summed E-state index contributed by atoms with van der Waals surface area (Å²) in [7, 11) is 2.94. The summed E-state index contributed by atoms with van der Waals surface area (Å²) < 4.78 is 4.69. The first-order valence-electron chi connectivity index (χ1n) is 5.55. The summed E-state index contributed by atoms with van der Waals surface area (Å²) in [4.78, 5) is 22.1. The van der Waals surface area contributed by atoms with Gasteiger partial charge in [0.25, 0.3) is 5.91 Å². The molecule has 1 radical (unpaired) electrons. The van der Waals surface area contributed by atoms with Crippen molar-refractivity contribution >= 4 is 25.2 Å². The Bertz CT molecular complexity index is 467. The molecule has 19 heavy (non-hydrogen) atoms. The zero-order valence-corrected chi connectivity index (χ0v) is 10.5. The van der Waals surface area contributed by atoms with Crippen LogP contribution in [0.15, 0.2) is 18.2 Å². The fourth-order valence-corrected chi connectivity index (χ4v) is 1.45. The Hall–Kier alpha value is -2.06. The van der Waals surface area contributed by atoms with E-state index >= 15 is 0 Å². The Morgan fingerprint density at radius 2 is 2.16 bits per heavy atom. The molecular weight excluding hydrogens is 249 g/mol. The maximum atomic E-state index is 11.2. The van der Waals surface area contributed by atoms with Crippen molar-refractivity contribution in [2.75, 3.05) is 25.5 Å². The van der Waals surface area contributed by atoms with Crippen LogP contribution in [-0.2, 0) is 4.65 Å². The number of carboxylic acids is 1. The molecule has 7 nitrogen and oxygen atoms in total. The van der Waals surface area contributed by atoms with Gasteiger partial charge in [-0.15, -0.1) is 0 Å². The summed E-state index contributed by atoms with van der Waals surface area (Å²) in [6.07, 6.45) is 0. The zero-order valence-electron chi connectivity index (χ0n) is 10.5. The molecule has 0 saturated carbocycles. The maximum absolute atomic E-state index is 11.2. The van der Waals surface area contributed by atoms with Gasteiger partial charge in [-0.05, 0) is 18.2 Å². The van der Waals surface area contributed by atoms with Gasteiger partial charge in [-0.25, -0.2) is 4.79 Å². The number of hydrogen-bond acceptors (Lipinski definition) is 5. The smallest absolute Gasteiger partial charge is 0.395 e. The lowest BCUT2D eigenvalue weighted by Crippen LogP contribution is -2.27. The number of aromatic carboxylic acids is 1. The number of anilines is 1. The highest BCUT2D eigenvalue weighted by atomic mass is 16.4. The summed E-state index contributed by atoms with van der Waals surface area (Å²) in [5.41, 5.74) is 5.96. The first kappa shape index (κ1) is 15.0. The number of carboxylic acid groups (broad SMARTS) is 1. The third-order valence-electron chi connectivity index (χ3n) is 2.32. The summed E-state index contributed by atoms with van der Waals surface area (Å²) in [6.45, 7) is 1.02. The van der Waals surface area contributed by atoms with Gasteiger partial charge in [-0.2, -0.15) is 0 Å². The fraction of sp³-hybridized carbons (Fsp3) is 0.273. The van der Waals surface area contributed by atoms with Crippen LogP contribution < -0.4 is 16.3 Å². The van der Waals surface area contributed by atoms with Gasteiger partial charge in [-0.3, -0.25) is 4.79 Å². The number of carbonyl (C=O) groups is 2. The second-order valence-corrected chi connectivity index (χ2v) is 3.66. The van der Waals surface area contributed by atoms with E-state index < -0.39 is 11.9 Å². The van der Waals surface area contributed by atoms with E-state index in [1.165, 1.54) is 32.9 Å². The van der Waals surface area contributed by atoms with Crippen LogP contribution in [0, 0.1) is 0 Å². The van der Waals surface area contributed by atoms with Gasteiger partial charge < -0.3 is 26.0 Å². The van der Waals surface area contributed by atoms with Crippen molar-refractivity contribution in [3.63, 3.8) is 0 Å². The lowest BCUT2D eigenvalue weighted by molar-refractivity contribution is 0.0696. The maximum Gasteiger partial charge on any atom is 0.395 e. The average Bonchev–Trinajstić information content (AvgIpc) is 2.38. The molecule has 0 aromatic heterocycles. The van der Waals surface area contributed by atoms with E-state index in [0.717, 1.165) is 0 Å². The van der Waals surface area contributed by atoms with E-state index in [1.54, 1.807) is 0 Å². The van der Waals surface area contributed by atoms with Crippen molar-refractivity contribution in [3.05, 3.63) is 29.3 Å². The first-order chi connectivity index (χ1) is 9.06. The average molecular weight is 264 g/mol. The highest BCUT2D eigenvalue weighted by Crippen LogP contribution is 2.17. The summed E-state index contributed by atoms with van der Waals surface area (Å²) in [5.74, 6) is -1.68. The second-order valence-electron chi connectivity index (χ2n) is 3.66. The summed E-state index contributed by atoms with van der Waals surface area (Å²) >= 11 is 0. The van der Waals surface area contributed by atoms with E-state index in [-0.39, 0.29) is 11.1 Å². The van der Waals surface area contributed by atoms with Crippen molar-refractivity contribution < 1.29 is 19.3 Å². The highest BCUT2D eigenvalue weighted by Gasteiger charge is 2.11. The lowest BCUT2D eigenvalue weighted by Gasteiger charge is -2.11. The Morgan fingerprint density at radius 1 is 1.42 bits per heavy atom. The number of amides is 1. The summed E-state index contributed by atoms with van der Waals surface area (Å²) in [5, 5.41) is 14.7. The molecule has 101 valence electrons. The minimum absolute atomic E-state index is 0.0870. The predicted molar refractivity (Wildman–Crippen MR) is 71.2 cm³/mol. The van der Waals surface area contributed by atoms with Crippen LogP contribution in [-0.4, -0.2) is 44.8 Å². The van der Waals surface area contributed by atoms with Crippen molar-refractivity contribution in [3.8, 4) is 0 Å². The fourth-order valence-electron chi connectivity index (χ4n) is 1.45. The molecule has 1 aromatic rings. The van der Waals surface area contributed by atoms with Gasteiger partial charge in [0, 0.05) is 25.9 Å². The van der Waals surface area contributed by atoms with Gasteiger partial charge in [0.05, 0.1) is 11.1 Å². The van der Waals surface area contributed by atoms with Gasteiger partial charge in [0.15, 0.2) is 0 Å². The van der Waals surface area contributed by atoms with Crippen molar-refractivity contribution in [2.24, 2.45) is 5.73 Å². The quantitative estimate of drug-likeness (QED) is 0.377. The Balaban J connectivity index is 2.74. The van der Waals surface area contributed by atoms with Gasteiger partial charge in [0.2, 0.25) is 0 Å². The normalized spacial score (nSPS) is 9.95. The molecule has 0 unspecified atom stereocenters. The molecule has 0 spiro atoms. The molecule has 5 N–H and O–H groups in total. The molecule has 8 heteroatoms. The number of rotatable bonds is 8. The van der Waals surface area contributed by atoms with E-state index in [2.05, 4.69) is 10.5 Å². The van der Waals surface area contributed by atoms with Crippen LogP contribution in [0.1, 0.15) is 20.7 Å². The molecular formula is C11H15BN3O4. The largest absolute Gasteiger partial charge is 0.478 e. The number of nitrogens with one attached hydrogen (secondary N) is 2. The SMILES string of the molecule is CO[B]NCCNc1cc(C(=O)O)ccc1C(N)=O. The van der Waals surface area contributed by atoms with Crippen LogP contribution in [0.2, 0.25) is 0 Å². The Labute approximate surface area is 111 Å². The standard InChI is InChI=1S/C11H15BN3O4/c1-19-12-15-5-4-14-9-6-7(11(17)18)2-3-8(9)10(13)16/h2-3,6,14-15H,4-5H2,1H3,(H2,13,16)(H,17,18). The monoisotopic (exact) mass is 264 g/mol. The predicted octanol–water partition coefficient (Wildman–Crippen LogP) is -0.334. The molecule has 0 aliphatic heterocycles. The number of nitrogens with two attached hydrogens (primary N) is 1. The molecule has 0 bridgehead atoms. The van der Waals surface area contributed by atoms with E-state index in [9.17, 15) is 9.59 Å². The molecule has 1 amide bonds. The second kappa shape index (κ2) is 7.40. The Morgan fingerprint density at radius 3 is 2.74 bits per heavy atom. The van der Waals surface area contributed by atoms with Crippen LogP contribution in [0.25, 0.3) is 0 Å². The minimum atomic E-state index is -1.06. The topological polar surface area (TPSA) is 114 Å². The van der Waals surface area contributed by atoms with Crippen molar-refractivity contribution in [2.45, 2.75) is 0 Å². The molecule has 0 aliphatic carbocycles. The lowest BCUT2D eigenvalue weighted by atomic mass is 10.1. The molecule has 1 aromatic carbocycles. The summed E-state index contributed by atoms with van der Waals surface area (Å²) in [6, 6.07) is 4.11. The molecule has 0 saturated heterocycles. The first-order valence-corrected chi connectivity index (χ1v) is 5.55. The van der Waals surface area contributed by atoms with Crippen molar-refractivity contribution in [1.82, 2.24) is 5.23 Å². The highest BCUT2D eigenvalue weighted by molar-refractivity contribution is 6.23. The van der Waals surface area contributed by atoms with Crippen molar-refractivity contribution in [1.29, 1.82) is 0 Å². The van der Waals surface area contributed by atoms with Gasteiger partial charge in [-0.1, -0.05) is 0 Å². The van der Waals surface area contributed by atoms with Crippen LogP contribution in [0.3, 0.4) is 0 Å². The number of carbonyl (C=O) groups excluding carboxylic acids is 1. The van der Waals surface area contributed by atoms with Crippen LogP contribution in [0.4, 0.5) is 5.69 Å². The van der Waals surface area contributed by atoms with E-state index in [4.69, 9.17) is 15.5 Å². The third kappa shape index (κ3) is 4.61. The number of benzene rings is 1. The van der Waals surface area contributed by atoms with E-state index in [0.29, 0.717) is 18.8 Å². The van der Waals surface area contributed by atoms with Crippen LogP contribution >= 0.6 is 0 Å². The molecule has 0 aliphatic rings. The molecule has 0 heterocycles. The third-order valence-corrected chi connectivity index (χ3v) is 2.32. The van der Waals surface area contributed by atoms with Gasteiger partial charge in [0.1, 0.15) is 0 Å². The molecule has 0 fully saturated rings. The Kier molecular flexibility index (Phi) is 5.84. The van der Waals surface area contributed by atoms with Gasteiger partial charge >= 0.3 is 13.6 Å². The molecule has 1 rings (SSSR count). The minimum Gasteiger partial charge on any atom is -0.478 e. The zero-order chi connectivity index (χ0) is 14.3. The number of hydrogen-bond donors (Lipinski definition) is 4. The van der Waals surface area contributed by atoms with E-state index in [1.807, 2.05) is 0 Å².